The standard InChI is InChI=1S/C18H25N5O/c1-10(2)23-17-13(7-20-23)6-14(11(3)21-17)18(24)22-8-12-4-5-16(19)15(12)9-22/h6-7,10,12,15-16H,4-5,8-9,19H2,1-3H3. The SMILES string of the molecule is Cc1nc2c(cnn2C(C)C)cc1C(=O)N1CC2CCC(N)C2C1. The Hall–Kier alpha value is -1.95. The number of nitrogens with two attached hydrogens (primary N) is 1. The molecule has 3 heterocycles. The van der Waals surface area contributed by atoms with Gasteiger partial charge in [-0.3, -0.25) is 4.79 Å². The molecule has 6 nitrogen and oxygen atoms in total. The number of amides is 1. The van der Waals surface area contributed by atoms with Crippen molar-refractivity contribution in [2.75, 3.05) is 13.1 Å². The minimum atomic E-state index is 0.0841. The van der Waals surface area contributed by atoms with Gasteiger partial charge in [-0.2, -0.15) is 5.10 Å². The monoisotopic (exact) mass is 327 g/mol. The fourth-order valence-electron chi connectivity index (χ4n) is 4.30. The van der Waals surface area contributed by atoms with Gasteiger partial charge in [0.1, 0.15) is 0 Å². The fourth-order valence-corrected chi connectivity index (χ4v) is 4.30. The number of carbonyl (C=O) groups excluding carboxylic acids is 1. The Morgan fingerprint density at radius 2 is 2.12 bits per heavy atom. The molecule has 0 bridgehead atoms. The molecule has 128 valence electrons. The van der Waals surface area contributed by atoms with E-state index in [0.29, 0.717) is 17.4 Å². The van der Waals surface area contributed by atoms with Crippen LogP contribution in [0.25, 0.3) is 11.0 Å². The summed E-state index contributed by atoms with van der Waals surface area (Å²) in [7, 11) is 0. The third-order valence-corrected chi connectivity index (χ3v) is 5.68. The highest BCUT2D eigenvalue weighted by Gasteiger charge is 2.42. The first-order valence-corrected chi connectivity index (χ1v) is 8.85. The summed E-state index contributed by atoms with van der Waals surface area (Å²) in [5.41, 5.74) is 8.51. The lowest BCUT2D eigenvalue weighted by atomic mass is 9.98. The second-order valence-electron chi connectivity index (χ2n) is 7.59. The number of aryl methyl sites for hydroxylation is 1. The Labute approximate surface area is 142 Å². The first-order valence-electron chi connectivity index (χ1n) is 8.85. The average Bonchev–Trinajstić information content (AvgIpc) is 3.21. The van der Waals surface area contributed by atoms with Crippen LogP contribution in [0.4, 0.5) is 0 Å². The molecule has 2 aliphatic rings. The van der Waals surface area contributed by atoms with Gasteiger partial charge in [0.05, 0.1) is 17.5 Å². The van der Waals surface area contributed by atoms with Crippen LogP contribution in [0.15, 0.2) is 12.3 Å². The summed E-state index contributed by atoms with van der Waals surface area (Å²) in [6, 6.07) is 2.44. The number of nitrogens with zero attached hydrogens (tertiary/aromatic N) is 4. The van der Waals surface area contributed by atoms with E-state index in [2.05, 4.69) is 23.9 Å². The lowest BCUT2D eigenvalue weighted by molar-refractivity contribution is 0.0778. The van der Waals surface area contributed by atoms with Crippen molar-refractivity contribution in [2.24, 2.45) is 17.6 Å². The molecule has 1 saturated carbocycles. The molecule has 4 rings (SSSR count). The van der Waals surface area contributed by atoms with E-state index in [0.717, 1.165) is 42.7 Å². The molecular formula is C18H25N5O. The molecule has 2 aromatic heterocycles. The minimum absolute atomic E-state index is 0.0841. The molecule has 1 aliphatic carbocycles. The molecular weight excluding hydrogens is 302 g/mol. The maximum absolute atomic E-state index is 13.0. The molecule has 24 heavy (non-hydrogen) atoms. The summed E-state index contributed by atoms with van der Waals surface area (Å²) < 4.78 is 1.90. The Kier molecular flexibility index (Phi) is 3.60. The van der Waals surface area contributed by atoms with E-state index in [1.54, 1.807) is 6.20 Å². The maximum atomic E-state index is 13.0. The molecule has 0 radical (unpaired) electrons. The number of aromatic nitrogens is 3. The molecule has 3 atom stereocenters. The Balaban J connectivity index is 1.64. The van der Waals surface area contributed by atoms with Gasteiger partial charge in [-0.25, -0.2) is 9.67 Å². The number of carbonyl (C=O) groups is 1. The number of hydrogen-bond acceptors (Lipinski definition) is 4. The number of hydrogen-bond donors (Lipinski definition) is 1. The first-order chi connectivity index (χ1) is 11.5. The van der Waals surface area contributed by atoms with Crippen LogP contribution in [0.1, 0.15) is 48.8 Å². The second kappa shape index (κ2) is 5.55. The van der Waals surface area contributed by atoms with Crippen molar-refractivity contribution in [1.29, 1.82) is 0 Å². The zero-order chi connectivity index (χ0) is 17.0. The maximum Gasteiger partial charge on any atom is 0.255 e. The van der Waals surface area contributed by atoms with Gasteiger partial charge in [0.2, 0.25) is 0 Å². The molecule has 2 fully saturated rings. The molecule has 6 heteroatoms. The van der Waals surface area contributed by atoms with Crippen LogP contribution in [0.3, 0.4) is 0 Å². The van der Waals surface area contributed by atoms with Crippen molar-refractivity contribution in [2.45, 2.75) is 45.7 Å². The van der Waals surface area contributed by atoms with E-state index >= 15 is 0 Å². The fraction of sp³-hybridized carbons (Fsp3) is 0.611. The van der Waals surface area contributed by atoms with Crippen molar-refractivity contribution in [3.63, 3.8) is 0 Å². The smallest absolute Gasteiger partial charge is 0.255 e. The minimum Gasteiger partial charge on any atom is -0.338 e. The van der Waals surface area contributed by atoms with Crippen LogP contribution < -0.4 is 5.73 Å². The van der Waals surface area contributed by atoms with Crippen molar-refractivity contribution in [3.8, 4) is 0 Å². The second-order valence-corrected chi connectivity index (χ2v) is 7.59. The summed E-state index contributed by atoms with van der Waals surface area (Å²) in [5, 5.41) is 5.33. The zero-order valence-electron chi connectivity index (χ0n) is 14.6. The summed E-state index contributed by atoms with van der Waals surface area (Å²) >= 11 is 0. The number of rotatable bonds is 2. The van der Waals surface area contributed by atoms with Crippen LogP contribution in [0.2, 0.25) is 0 Å². The molecule has 1 aliphatic heterocycles. The highest BCUT2D eigenvalue weighted by molar-refractivity contribution is 5.98. The van der Waals surface area contributed by atoms with Crippen LogP contribution >= 0.6 is 0 Å². The van der Waals surface area contributed by atoms with Gasteiger partial charge in [0.25, 0.3) is 5.91 Å². The van der Waals surface area contributed by atoms with Crippen LogP contribution in [-0.4, -0.2) is 44.7 Å². The molecule has 3 unspecified atom stereocenters. The van der Waals surface area contributed by atoms with Crippen molar-refractivity contribution in [3.05, 3.63) is 23.5 Å². The van der Waals surface area contributed by atoms with Crippen LogP contribution in [0.5, 0.6) is 0 Å². The predicted molar refractivity (Wildman–Crippen MR) is 92.7 cm³/mol. The van der Waals surface area contributed by atoms with Crippen molar-refractivity contribution in [1.82, 2.24) is 19.7 Å². The summed E-state index contributed by atoms with van der Waals surface area (Å²) in [6.45, 7) is 7.68. The normalized spacial score (nSPS) is 26.5. The Morgan fingerprint density at radius 1 is 1.33 bits per heavy atom. The predicted octanol–water partition coefficient (Wildman–Crippen LogP) is 2.13. The molecule has 0 spiro atoms. The van der Waals surface area contributed by atoms with Gasteiger partial charge in [-0.05, 0) is 51.5 Å². The van der Waals surface area contributed by atoms with Gasteiger partial charge < -0.3 is 10.6 Å². The van der Waals surface area contributed by atoms with Crippen molar-refractivity contribution < 1.29 is 4.79 Å². The third-order valence-electron chi connectivity index (χ3n) is 5.68. The summed E-state index contributed by atoms with van der Waals surface area (Å²) in [6.07, 6.45) is 4.04. The van der Waals surface area contributed by atoms with Crippen molar-refractivity contribution >= 4 is 16.9 Å². The van der Waals surface area contributed by atoms with E-state index in [1.165, 1.54) is 0 Å². The number of fused-ring (bicyclic) bond motifs is 2. The Morgan fingerprint density at radius 3 is 2.83 bits per heavy atom. The van der Waals surface area contributed by atoms with Crippen LogP contribution in [-0.2, 0) is 0 Å². The van der Waals surface area contributed by atoms with Gasteiger partial charge in [-0.15, -0.1) is 0 Å². The number of likely N-dealkylation sites (tertiary alicyclic amines) is 1. The quantitative estimate of drug-likeness (QED) is 0.916. The average molecular weight is 327 g/mol. The van der Waals surface area contributed by atoms with Gasteiger partial charge in [0, 0.05) is 30.6 Å². The molecule has 2 aromatic rings. The third kappa shape index (κ3) is 2.32. The van der Waals surface area contributed by atoms with E-state index < -0.39 is 0 Å². The molecule has 2 N–H and O–H groups in total. The first kappa shape index (κ1) is 15.6. The topological polar surface area (TPSA) is 77.0 Å². The van der Waals surface area contributed by atoms with E-state index in [-0.39, 0.29) is 18.0 Å². The van der Waals surface area contributed by atoms with E-state index in [9.17, 15) is 4.79 Å². The van der Waals surface area contributed by atoms with Gasteiger partial charge >= 0.3 is 0 Å². The van der Waals surface area contributed by atoms with Gasteiger partial charge in [0.15, 0.2) is 5.65 Å². The van der Waals surface area contributed by atoms with Crippen LogP contribution in [0, 0.1) is 18.8 Å². The summed E-state index contributed by atoms with van der Waals surface area (Å²) in [5.74, 6) is 1.13. The number of pyridine rings is 1. The lowest BCUT2D eigenvalue weighted by Crippen LogP contribution is -2.33. The van der Waals surface area contributed by atoms with E-state index in [1.807, 2.05) is 22.6 Å². The van der Waals surface area contributed by atoms with Gasteiger partial charge in [-0.1, -0.05) is 0 Å². The zero-order valence-corrected chi connectivity index (χ0v) is 14.6. The lowest BCUT2D eigenvalue weighted by Gasteiger charge is -2.19. The molecule has 0 aromatic carbocycles. The highest BCUT2D eigenvalue weighted by Crippen LogP contribution is 2.37. The van der Waals surface area contributed by atoms with E-state index in [4.69, 9.17) is 5.73 Å². The largest absolute Gasteiger partial charge is 0.338 e. The Bertz CT molecular complexity index is 796. The molecule has 1 saturated heterocycles. The molecule has 1 amide bonds. The summed E-state index contributed by atoms with van der Waals surface area (Å²) in [4.78, 5) is 19.6. The highest BCUT2D eigenvalue weighted by atomic mass is 16.2.